The van der Waals surface area contributed by atoms with Crippen molar-refractivity contribution in [1.82, 2.24) is 24.9 Å². The Morgan fingerprint density at radius 1 is 1.03 bits per heavy atom. The van der Waals surface area contributed by atoms with Gasteiger partial charge in [0.2, 0.25) is 11.7 Å². The molecule has 38 heavy (non-hydrogen) atoms. The van der Waals surface area contributed by atoms with Gasteiger partial charge in [-0.15, -0.1) is 0 Å². The van der Waals surface area contributed by atoms with Crippen molar-refractivity contribution in [3.05, 3.63) is 65.6 Å². The molecule has 4 aromatic rings. The van der Waals surface area contributed by atoms with Crippen LogP contribution in [0.15, 0.2) is 53.2 Å². The molecule has 2 aromatic heterocycles. The van der Waals surface area contributed by atoms with Crippen molar-refractivity contribution < 1.29 is 28.1 Å². The molecule has 2 aromatic carbocycles. The third-order valence-corrected chi connectivity index (χ3v) is 6.18. The molecule has 1 fully saturated rings. The van der Waals surface area contributed by atoms with E-state index >= 15 is 0 Å². The number of carbonyl (C=O) groups is 4. The maximum Gasteiger partial charge on any atom is 0.322 e. The summed E-state index contributed by atoms with van der Waals surface area (Å²) in [5.74, 6) is -3.10. The Morgan fingerprint density at radius 2 is 1.74 bits per heavy atom. The normalized spacial score (nSPS) is 13.5. The number of H-pyrrole nitrogens is 1. The number of nitrogens with one attached hydrogen (secondary N) is 2. The van der Waals surface area contributed by atoms with E-state index in [0.717, 1.165) is 6.07 Å². The smallest absolute Gasteiger partial charge is 0.322 e. The summed E-state index contributed by atoms with van der Waals surface area (Å²) in [6, 6.07) is 11.3. The van der Waals surface area contributed by atoms with Crippen LogP contribution in [0.5, 0.6) is 0 Å². The molecular weight excluding hydrogens is 497 g/mol. The molecule has 0 radical (unpaired) electrons. The fraction of sp³-hybridized carbons (Fsp3) is 0.200. The molecule has 5 rings (SSSR count). The van der Waals surface area contributed by atoms with Gasteiger partial charge in [0, 0.05) is 48.9 Å². The molecule has 12 nitrogen and oxygen atoms in total. The molecule has 13 heteroatoms. The van der Waals surface area contributed by atoms with Crippen molar-refractivity contribution in [1.29, 1.82) is 0 Å². The van der Waals surface area contributed by atoms with E-state index < -0.39 is 23.4 Å². The first-order valence-corrected chi connectivity index (χ1v) is 11.7. The monoisotopic (exact) mass is 519 g/mol. The summed E-state index contributed by atoms with van der Waals surface area (Å²) in [7, 11) is 0. The number of carbonyl (C=O) groups excluding carboxylic acids is 4. The number of fused-ring (bicyclic) bond motifs is 1. The van der Waals surface area contributed by atoms with Crippen LogP contribution in [0.2, 0.25) is 0 Å². The van der Waals surface area contributed by atoms with E-state index in [0.29, 0.717) is 11.1 Å². The molecule has 0 spiro atoms. The van der Waals surface area contributed by atoms with Crippen LogP contribution in [-0.4, -0.2) is 81.2 Å². The van der Waals surface area contributed by atoms with Gasteiger partial charge in [0.05, 0.1) is 17.6 Å². The molecule has 0 bridgehead atoms. The maximum atomic E-state index is 14.9. The number of nitrogens with two attached hydrogens (primary N) is 1. The summed E-state index contributed by atoms with van der Waals surface area (Å²) in [6.45, 7) is 0.650. The molecule has 1 aliphatic rings. The number of Topliss-reactive ketones (excluding diaryl/α,β-unsaturated/α-hetero) is 1. The predicted molar refractivity (Wildman–Crippen MR) is 132 cm³/mol. The Bertz CT molecular complexity index is 1540. The van der Waals surface area contributed by atoms with Gasteiger partial charge in [-0.3, -0.25) is 19.2 Å². The minimum Gasteiger partial charge on any atom is -0.368 e. The highest BCUT2D eigenvalue weighted by Crippen LogP contribution is 2.31. The number of piperazine rings is 1. The molecule has 3 amide bonds. The summed E-state index contributed by atoms with van der Waals surface area (Å²) in [5.41, 5.74) is 6.01. The summed E-state index contributed by atoms with van der Waals surface area (Å²) in [4.78, 5) is 59.7. The molecule has 4 N–H and O–H groups in total. The number of halogens is 1. The van der Waals surface area contributed by atoms with E-state index in [1.54, 1.807) is 29.2 Å². The first-order valence-electron chi connectivity index (χ1n) is 11.7. The lowest BCUT2D eigenvalue weighted by atomic mass is 10.0. The Kier molecular flexibility index (Phi) is 6.56. The number of primary amides is 1. The summed E-state index contributed by atoms with van der Waals surface area (Å²) >= 11 is 0. The number of anilines is 1. The molecule has 1 saturated heterocycles. The predicted octanol–water partition coefficient (Wildman–Crippen LogP) is 1.42. The second-order valence-corrected chi connectivity index (χ2v) is 8.57. The van der Waals surface area contributed by atoms with Gasteiger partial charge in [-0.25, -0.2) is 4.39 Å². The van der Waals surface area contributed by atoms with Crippen molar-refractivity contribution in [2.45, 2.75) is 0 Å². The van der Waals surface area contributed by atoms with Crippen LogP contribution in [0, 0.1) is 5.82 Å². The fourth-order valence-electron chi connectivity index (χ4n) is 4.27. The van der Waals surface area contributed by atoms with Crippen LogP contribution in [-0.2, 0) is 9.59 Å². The van der Waals surface area contributed by atoms with E-state index in [1.165, 1.54) is 17.2 Å². The zero-order chi connectivity index (χ0) is 26.8. The number of aromatic nitrogens is 3. The lowest BCUT2D eigenvalue weighted by Gasteiger charge is -2.34. The quantitative estimate of drug-likeness (QED) is 0.243. The SMILES string of the molecule is NC(=O)CNc1nc(-c2ccc(F)c3c(C(=O)C(=O)N4CCN(C(=O)c5ccccc5)CC4)c[nH]c23)no1. The molecule has 0 aliphatic carbocycles. The van der Waals surface area contributed by atoms with E-state index in [-0.39, 0.29) is 66.9 Å². The van der Waals surface area contributed by atoms with Crippen molar-refractivity contribution in [3.8, 4) is 11.4 Å². The first kappa shape index (κ1) is 24.6. The topological polar surface area (TPSA) is 168 Å². The van der Waals surface area contributed by atoms with Crippen LogP contribution in [0.25, 0.3) is 22.3 Å². The Morgan fingerprint density at radius 3 is 2.45 bits per heavy atom. The first-order chi connectivity index (χ1) is 18.3. The zero-order valence-corrected chi connectivity index (χ0v) is 19.9. The number of nitrogens with zero attached hydrogens (tertiary/aromatic N) is 4. The Labute approximate surface area is 214 Å². The van der Waals surface area contributed by atoms with Gasteiger partial charge in [0.1, 0.15) is 5.82 Å². The summed E-state index contributed by atoms with van der Waals surface area (Å²) in [5, 5.41) is 6.29. The number of ketones is 1. The molecule has 0 saturated carbocycles. The van der Waals surface area contributed by atoms with Crippen molar-refractivity contribution in [3.63, 3.8) is 0 Å². The van der Waals surface area contributed by atoms with Gasteiger partial charge >= 0.3 is 6.01 Å². The van der Waals surface area contributed by atoms with Crippen molar-refractivity contribution >= 4 is 40.4 Å². The van der Waals surface area contributed by atoms with Crippen molar-refractivity contribution in [2.75, 3.05) is 38.0 Å². The molecule has 194 valence electrons. The third-order valence-electron chi connectivity index (χ3n) is 6.18. The second-order valence-electron chi connectivity index (χ2n) is 8.57. The average Bonchev–Trinajstić information content (AvgIpc) is 3.60. The highest BCUT2D eigenvalue weighted by Gasteiger charge is 2.31. The van der Waals surface area contributed by atoms with Gasteiger partial charge < -0.3 is 30.4 Å². The lowest BCUT2D eigenvalue weighted by molar-refractivity contribution is -0.127. The number of amides is 3. The highest BCUT2D eigenvalue weighted by molar-refractivity contribution is 6.45. The van der Waals surface area contributed by atoms with Gasteiger partial charge in [-0.05, 0) is 24.3 Å². The zero-order valence-electron chi connectivity index (χ0n) is 19.9. The van der Waals surface area contributed by atoms with Crippen LogP contribution < -0.4 is 11.1 Å². The molecule has 1 aliphatic heterocycles. The van der Waals surface area contributed by atoms with E-state index in [9.17, 15) is 23.6 Å². The van der Waals surface area contributed by atoms with Crippen LogP contribution in [0.4, 0.5) is 10.4 Å². The largest absolute Gasteiger partial charge is 0.368 e. The van der Waals surface area contributed by atoms with Gasteiger partial charge in [-0.2, -0.15) is 4.98 Å². The third kappa shape index (κ3) is 4.68. The summed E-state index contributed by atoms with van der Waals surface area (Å²) < 4.78 is 19.9. The lowest BCUT2D eigenvalue weighted by Crippen LogP contribution is -2.52. The van der Waals surface area contributed by atoms with E-state index in [4.69, 9.17) is 10.3 Å². The number of aromatic amines is 1. The van der Waals surface area contributed by atoms with E-state index in [2.05, 4.69) is 20.4 Å². The van der Waals surface area contributed by atoms with E-state index in [1.807, 2.05) is 6.07 Å². The van der Waals surface area contributed by atoms with Crippen LogP contribution in [0.3, 0.4) is 0 Å². The minimum absolute atomic E-state index is 0.0633. The van der Waals surface area contributed by atoms with Gasteiger partial charge in [0.25, 0.3) is 17.6 Å². The minimum atomic E-state index is -0.882. The van der Waals surface area contributed by atoms with Gasteiger partial charge in [-0.1, -0.05) is 23.4 Å². The Hall–Kier alpha value is -5.07. The second kappa shape index (κ2) is 10.1. The molecule has 0 atom stereocenters. The highest BCUT2D eigenvalue weighted by atomic mass is 19.1. The summed E-state index contributed by atoms with van der Waals surface area (Å²) in [6.07, 6.45) is 1.26. The molecular formula is C25H22FN7O5. The standard InChI is InChI=1S/C25H22FN7O5/c26-17-7-6-15(22-30-25(38-31-22)29-13-18(27)34)20-19(17)16(12-28-20)21(35)24(37)33-10-8-32(9-11-33)23(36)14-4-2-1-3-5-14/h1-7,12,28H,8-11,13H2,(H2,27,34)(H,29,30,31). The number of benzene rings is 2. The molecule has 0 unspecified atom stereocenters. The maximum absolute atomic E-state index is 14.9. The van der Waals surface area contributed by atoms with Crippen LogP contribution in [0.1, 0.15) is 20.7 Å². The number of hydrogen-bond donors (Lipinski definition) is 3. The Balaban J connectivity index is 1.33. The van der Waals surface area contributed by atoms with Crippen LogP contribution >= 0.6 is 0 Å². The average molecular weight is 519 g/mol. The fourth-order valence-corrected chi connectivity index (χ4v) is 4.27. The number of rotatable bonds is 7. The number of hydrogen-bond acceptors (Lipinski definition) is 8. The van der Waals surface area contributed by atoms with Crippen molar-refractivity contribution in [2.24, 2.45) is 5.73 Å². The molecule has 3 heterocycles. The van der Waals surface area contributed by atoms with Gasteiger partial charge in [0.15, 0.2) is 0 Å².